The van der Waals surface area contributed by atoms with Gasteiger partial charge in [0.25, 0.3) is 0 Å². The summed E-state index contributed by atoms with van der Waals surface area (Å²) in [7, 11) is 0. The van der Waals surface area contributed by atoms with E-state index in [4.69, 9.17) is 11.6 Å². The molecule has 0 bridgehead atoms. The van der Waals surface area contributed by atoms with E-state index >= 15 is 0 Å². The van der Waals surface area contributed by atoms with Crippen LogP contribution in [0.4, 0.5) is 10.1 Å². The van der Waals surface area contributed by atoms with Gasteiger partial charge in [-0.1, -0.05) is 12.1 Å². The van der Waals surface area contributed by atoms with Crippen LogP contribution >= 0.6 is 22.9 Å². The zero-order valence-corrected chi connectivity index (χ0v) is 12.5. The van der Waals surface area contributed by atoms with E-state index in [0.29, 0.717) is 23.1 Å². The largest absolute Gasteiger partial charge is 0.310 e. The van der Waals surface area contributed by atoms with E-state index in [-0.39, 0.29) is 12.3 Å². The Balaban J connectivity index is 2.15. The van der Waals surface area contributed by atoms with E-state index in [0.717, 1.165) is 5.69 Å². The second-order valence-electron chi connectivity index (χ2n) is 4.13. The predicted molar refractivity (Wildman–Crippen MR) is 79.8 cm³/mol. The molecule has 1 aromatic heterocycles. The monoisotopic (exact) mass is 312 g/mol. The molecular weight excluding hydrogens is 299 g/mol. The summed E-state index contributed by atoms with van der Waals surface area (Å²) in [6, 6.07) is 6.26. The van der Waals surface area contributed by atoms with Crippen molar-refractivity contribution < 1.29 is 9.18 Å². The first kappa shape index (κ1) is 14.9. The maximum atomic E-state index is 13.8. The van der Waals surface area contributed by atoms with Crippen LogP contribution in [0.3, 0.4) is 0 Å². The van der Waals surface area contributed by atoms with Crippen LogP contribution in [0.15, 0.2) is 29.6 Å². The van der Waals surface area contributed by atoms with Crippen molar-refractivity contribution in [1.82, 2.24) is 4.98 Å². The lowest BCUT2D eigenvalue weighted by molar-refractivity contribution is -0.118. The number of carbonyl (C=O) groups is 1. The highest BCUT2D eigenvalue weighted by atomic mass is 35.5. The van der Waals surface area contributed by atoms with E-state index in [2.05, 4.69) is 4.98 Å². The third kappa shape index (κ3) is 3.35. The fourth-order valence-electron chi connectivity index (χ4n) is 1.87. The summed E-state index contributed by atoms with van der Waals surface area (Å²) in [5.74, 6) is -0.244. The molecule has 0 aliphatic carbocycles. The second kappa shape index (κ2) is 6.81. The molecule has 106 valence electrons. The van der Waals surface area contributed by atoms with Gasteiger partial charge in [0, 0.05) is 11.9 Å². The van der Waals surface area contributed by atoms with Crippen LogP contribution in [0.2, 0.25) is 0 Å². The number of aromatic nitrogens is 1. The number of carbonyl (C=O) groups excluding carboxylic acids is 1. The maximum Gasteiger partial charge on any atom is 0.233 e. The molecule has 2 rings (SSSR count). The first-order valence-corrected chi connectivity index (χ1v) is 7.61. The van der Waals surface area contributed by atoms with Crippen LogP contribution in [0.1, 0.15) is 17.6 Å². The quantitative estimate of drug-likeness (QED) is 0.790. The van der Waals surface area contributed by atoms with Crippen LogP contribution in [0.5, 0.6) is 0 Å². The first-order chi connectivity index (χ1) is 9.65. The minimum absolute atomic E-state index is 0.156. The number of likely N-dealkylation sites (N-methyl/N-ethyl adjacent to an activating group) is 1. The lowest BCUT2D eigenvalue weighted by Crippen LogP contribution is -2.32. The molecule has 1 amide bonds. The third-order valence-electron chi connectivity index (χ3n) is 2.80. The van der Waals surface area contributed by atoms with Gasteiger partial charge in [-0.2, -0.15) is 0 Å². The molecule has 20 heavy (non-hydrogen) atoms. The Morgan fingerprint density at radius 3 is 2.80 bits per heavy atom. The molecule has 1 aromatic carbocycles. The van der Waals surface area contributed by atoms with Crippen molar-refractivity contribution in [3.63, 3.8) is 0 Å². The second-order valence-corrected chi connectivity index (χ2v) is 5.34. The third-order valence-corrected chi connectivity index (χ3v) is 3.97. The number of hydrogen-bond acceptors (Lipinski definition) is 3. The lowest BCUT2D eigenvalue weighted by Gasteiger charge is -2.21. The van der Waals surface area contributed by atoms with E-state index in [1.165, 1.54) is 22.3 Å². The molecule has 3 nitrogen and oxygen atoms in total. The number of rotatable bonds is 5. The Morgan fingerprint density at radius 1 is 1.45 bits per heavy atom. The van der Waals surface area contributed by atoms with Crippen molar-refractivity contribution >= 4 is 34.5 Å². The number of thiazole rings is 1. The highest BCUT2D eigenvalue weighted by Crippen LogP contribution is 2.20. The van der Waals surface area contributed by atoms with Gasteiger partial charge in [-0.15, -0.1) is 22.9 Å². The van der Waals surface area contributed by atoms with Crippen LogP contribution in [-0.2, 0) is 17.1 Å². The summed E-state index contributed by atoms with van der Waals surface area (Å²) in [6.07, 6.45) is 0.156. The summed E-state index contributed by atoms with van der Waals surface area (Å²) in [5, 5.41) is 2.52. The van der Waals surface area contributed by atoms with Gasteiger partial charge < -0.3 is 4.90 Å². The summed E-state index contributed by atoms with van der Waals surface area (Å²) in [5.41, 5.74) is 1.06. The summed E-state index contributed by atoms with van der Waals surface area (Å²) < 4.78 is 13.8. The van der Waals surface area contributed by atoms with Gasteiger partial charge in [-0.25, -0.2) is 9.37 Å². The Kier molecular flexibility index (Phi) is 5.09. The number of benzene rings is 1. The molecule has 0 saturated carbocycles. The van der Waals surface area contributed by atoms with Gasteiger partial charge in [0.05, 0.1) is 23.7 Å². The van der Waals surface area contributed by atoms with Gasteiger partial charge in [0.15, 0.2) is 0 Å². The normalized spacial score (nSPS) is 10.6. The number of anilines is 1. The topological polar surface area (TPSA) is 33.2 Å². The molecule has 0 fully saturated rings. The van der Waals surface area contributed by atoms with Crippen LogP contribution in [-0.4, -0.2) is 17.4 Å². The van der Waals surface area contributed by atoms with Crippen molar-refractivity contribution in [2.24, 2.45) is 0 Å². The molecule has 6 heteroatoms. The number of amides is 1. The van der Waals surface area contributed by atoms with Gasteiger partial charge in [-0.05, 0) is 19.1 Å². The smallest absolute Gasteiger partial charge is 0.233 e. The zero-order valence-electron chi connectivity index (χ0n) is 11.0. The van der Waals surface area contributed by atoms with E-state index in [1.54, 1.807) is 18.2 Å². The number of alkyl halides is 1. The fraction of sp³-hybridized carbons (Fsp3) is 0.286. The van der Waals surface area contributed by atoms with Crippen LogP contribution < -0.4 is 4.90 Å². The fourth-order valence-corrected chi connectivity index (χ4v) is 2.88. The van der Waals surface area contributed by atoms with Crippen molar-refractivity contribution in [1.29, 1.82) is 0 Å². The lowest BCUT2D eigenvalue weighted by atomic mass is 10.2. The number of nitrogens with zero attached hydrogens (tertiary/aromatic N) is 2. The van der Waals surface area contributed by atoms with Crippen molar-refractivity contribution in [3.05, 3.63) is 46.2 Å². The molecule has 0 spiro atoms. The molecule has 1 heterocycles. The highest BCUT2D eigenvalue weighted by molar-refractivity contribution is 7.09. The average Bonchev–Trinajstić information content (AvgIpc) is 2.89. The van der Waals surface area contributed by atoms with E-state index in [1.807, 2.05) is 12.3 Å². The number of halogens is 2. The van der Waals surface area contributed by atoms with Crippen LogP contribution in [0, 0.1) is 5.82 Å². The molecular formula is C14H14ClFN2OS. The Bertz CT molecular complexity index is 602. The van der Waals surface area contributed by atoms with Crippen molar-refractivity contribution in [2.45, 2.75) is 19.2 Å². The summed E-state index contributed by atoms with van der Waals surface area (Å²) in [4.78, 5) is 18.0. The molecule has 0 unspecified atom stereocenters. The predicted octanol–water partition coefficient (Wildman–Crippen LogP) is 3.62. The Hall–Kier alpha value is -1.46. The van der Waals surface area contributed by atoms with Crippen molar-refractivity contribution in [2.75, 3.05) is 11.4 Å². The molecule has 0 aliphatic heterocycles. The van der Waals surface area contributed by atoms with E-state index in [9.17, 15) is 9.18 Å². The maximum absolute atomic E-state index is 13.8. The Labute approximate surface area is 126 Å². The standard InChI is InChI=1S/C14H14ClFN2OS/c1-2-18(12-6-4-3-5-11(12)16)14(19)7-13-17-10(8-15)9-20-13/h3-6,9H,2,7-8H2,1H3. The van der Waals surface area contributed by atoms with Crippen LogP contribution in [0.25, 0.3) is 0 Å². The molecule has 0 radical (unpaired) electrons. The van der Waals surface area contributed by atoms with Gasteiger partial charge in [0.2, 0.25) is 5.91 Å². The van der Waals surface area contributed by atoms with Gasteiger partial charge in [0.1, 0.15) is 10.8 Å². The molecule has 0 saturated heterocycles. The van der Waals surface area contributed by atoms with Gasteiger partial charge >= 0.3 is 0 Å². The molecule has 0 aliphatic rings. The molecule has 2 aromatic rings. The highest BCUT2D eigenvalue weighted by Gasteiger charge is 2.18. The zero-order chi connectivity index (χ0) is 14.5. The van der Waals surface area contributed by atoms with Crippen molar-refractivity contribution in [3.8, 4) is 0 Å². The van der Waals surface area contributed by atoms with E-state index < -0.39 is 5.82 Å². The number of hydrogen-bond donors (Lipinski definition) is 0. The first-order valence-electron chi connectivity index (χ1n) is 6.19. The summed E-state index contributed by atoms with van der Waals surface area (Å²) >= 11 is 7.08. The molecule has 0 atom stereocenters. The number of para-hydroxylation sites is 1. The van der Waals surface area contributed by atoms with Gasteiger partial charge in [-0.3, -0.25) is 4.79 Å². The summed E-state index contributed by atoms with van der Waals surface area (Å²) in [6.45, 7) is 2.23. The Morgan fingerprint density at radius 2 is 2.20 bits per heavy atom. The minimum Gasteiger partial charge on any atom is -0.310 e. The minimum atomic E-state index is -0.400. The molecule has 0 N–H and O–H groups in total. The average molecular weight is 313 g/mol. The SMILES string of the molecule is CCN(C(=O)Cc1nc(CCl)cs1)c1ccccc1F.